The van der Waals surface area contributed by atoms with Crippen LogP contribution in [0.5, 0.6) is 0 Å². The van der Waals surface area contributed by atoms with E-state index in [1.54, 1.807) is 0 Å². The van der Waals surface area contributed by atoms with Gasteiger partial charge in [-0.15, -0.1) is 0 Å². The Bertz CT molecular complexity index is 1340. The first-order chi connectivity index (χ1) is 16.3. The van der Waals surface area contributed by atoms with E-state index >= 15 is 0 Å². The summed E-state index contributed by atoms with van der Waals surface area (Å²) in [6, 6.07) is 8.25. The number of nitrogens with two attached hydrogens (primary N) is 1. The van der Waals surface area contributed by atoms with E-state index in [1.165, 1.54) is 19.4 Å². The van der Waals surface area contributed by atoms with Gasteiger partial charge in [0.05, 0.1) is 24.9 Å². The summed E-state index contributed by atoms with van der Waals surface area (Å²) in [5, 5.41) is 0.855. The number of nitrogens with one attached hydrogen (secondary N) is 1. The summed E-state index contributed by atoms with van der Waals surface area (Å²) in [7, 11) is -3.26. The number of rotatable bonds is 7. The minimum absolute atomic E-state index is 0.242. The number of fused-ring (bicyclic) bond motifs is 1. The van der Waals surface area contributed by atoms with Crippen LogP contribution in [0.15, 0.2) is 36.8 Å². The van der Waals surface area contributed by atoms with Crippen molar-refractivity contribution in [1.29, 1.82) is 0 Å². The summed E-state index contributed by atoms with van der Waals surface area (Å²) in [6.07, 6.45) is 7.10. The normalized spacial score (nSPS) is 24.0. The highest BCUT2D eigenvalue weighted by atomic mass is 32.2. The second kappa shape index (κ2) is 8.01. The smallest absolute Gasteiger partial charge is 0.209 e. The standard InChI is InChI=1S/C24H30N6O3S/c1-34(31,32)28-8-16-3-2-4-18(5-16)20-10-30(23-21(20)22(25)26-15-27-23)19-6-17(7-19)9-29-11-24(12-29)13-33-14-24/h2-5,10,15,17,19,28H,6-9,11-14H2,1H3,(H2,25,26,27)/t17-,19+. The number of benzene rings is 1. The van der Waals surface area contributed by atoms with Gasteiger partial charge in [0.25, 0.3) is 0 Å². The molecule has 3 fully saturated rings. The van der Waals surface area contributed by atoms with E-state index in [4.69, 9.17) is 10.5 Å². The van der Waals surface area contributed by atoms with Crippen LogP contribution in [-0.2, 0) is 21.3 Å². The summed E-state index contributed by atoms with van der Waals surface area (Å²) in [6.45, 7) is 5.63. The lowest BCUT2D eigenvalue weighted by molar-refractivity contribution is -0.192. The Morgan fingerprint density at radius 2 is 2.03 bits per heavy atom. The number of sulfonamides is 1. The van der Waals surface area contributed by atoms with Crippen LogP contribution in [-0.4, -0.2) is 67.0 Å². The van der Waals surface area contributed by atoms with E-state index in [-0.39, 0.29) is 6.54 Å². The molecule has 9 nitrogen and oxygen atoms in total. The van der Waals surface area contributed by atoms with Crippen molar-refractivity contribution in [3.63, 3.8) is 0 Å². The van der Waals surface area contributed by atoms with E-state index in [1.807, 2.05) is 24.3 Å². The van der Waals surface area contributed by atoms with E-state index in [0.29, 0.717) is 23.2 Å². The Kier molecular flexibility index (Phi) is 5.18. The Morgan fingerprint density at radius 1 is 1.24 bits per heavy atom. The molecule has 1 spiro atoms. The number of ether oxygens (including phenoxy) is 1. The molecule has 0 radical (unpaired) electrons. The first kappa shape index (κ1) is 22.0. The first-order valence-corrected chi connectivity index (χ1v) is 13.6. The number of hydrogen-bond donors (Lipinski definition) is 2. The Hall–Kier alpha value is -2.53. The fraction of sp³-hybridized carbons (Fsp3) is 0.500. The van der Waals surface area contributed by atoms with Gasteiger partial charge in [0.2, 0.25) is 10.0 Å². The van der Waals surface area contributed by atoms with Crippen molar-refractivity contribution in [1.82, 2.24) is 24.2 Å². The first-order valence-electron chi connectivity index (χ1n) is 11.7. The van der Waals surface area contributed by atoms with Crippen LogP contribution >= 0.6 is 0 Å². The Balaban J connectivity index is 1.22. The quantitative estimate of drug-likeness (QED) is 0.529. The highest BCUT2D eigenvalue weighted by Crippen LogP contribution is 2.45. The molecular weight excluding hydrogens is 452 g/mol. The van der Waals surface area contributed by atoms with Gasteiger partial charge in [0.1, 0.15) is 17.8 Å². The molecule has 0 bridgehead atoms. The molecule has 6 rings (SSSR count). The van der Waals surface area contributed by atoms with Crippen LogP contribution in [0.25, 0.3) is 22.2 Å². The minimum atomic E-state index is -3.26. The zero-order valence-corrected chi connectivity index (χ0v) is 20.1. The van der Waals surface area contributed by atoms with Crippen LogP contribution in [0.1, 0.15) is 24.4 Å². The van der Waals surface area contributed by atoms with E-state index in [9.17, 15) is 8.42 Å². The van der Waals surface area contributed by atoms with Crippen molar-refractivity contribution in [3.05, 3.63) is 42.4 Å². The second-order valence-electron chi connectivity index (χ2n) is 10.4. The Morgan fingerprint density at radius 3 is 2.74 bits per heavy atom. The van der Waals surface area contributed by atoms with Crippen LogP contribution in [0.3, 0.4) is 0 Å². The molecule has 10 heteroatoms. The third-order valence-corrected chi connectivity index (χ3v) is 8.14. The van der Waals surface area contributed by atoms with Gasteiger partial charge in [-0.05, 0) is 36.0 Å². The monoisotopic (exact) mass is 482 g/mol. The molecule has 1 aromatic carbocycles. The fourth-order valence-corrected chi connectivity index (χ4v) is 6.14. The molecule has 1 saturated carbocycles. The lowest BCUT2D eigenvalue weighted by Crippen LogP contribution is -2.66. The molecule has 0 atom stereocenters. The average molecular weight is 483 g/mol. The van der Waals surface area contributed by atoms with Crippen LogP contribution in [0.4, 0.5) is 5.82 Å². The zero-order chi connectivity index (χ0) is 23.5. The third kappa shape index (κ3) is 3.98. The van der Waals surface area contributed by atoms with Crippen molar-refractivity contribution >= 4 is 26.9 Å². The van der Waals surface area contributed by atoms with Gasteiger partial charge in [-0.1, -0.05) is 18.2 Å². The largest absolute Gasteiger partial charge is 0.383 e. The van der Waals surface area contributed by atoms with E-state index in [2.05, 4.69) is 30.4 Å². The van der Waals surface area contributed by atoms with Gasteiger partial charge >= 0.3 is 0 Å². The predicted octanol–water partition coefficient (Wildman–Crippen LogP) is 2.01. The summed E-state index contributed by atoms with van der Waals surface area (Å²) in [4.78, 5) is 11.4. The molecule has 0 unspecified atom stereocenters. The molecule has 2 saturated heterocycles. The maximum Gasteiger partial charge on any atom is 0.209 e. The van der Waals surface area contributed by atoms with Crippen molar-refractivity contribution in [2.75, 3.05) is 44.8 Å². The van der Waals surface area contributed by atoms with Gasteiger partial charge in [-0.25, -0.2) is 23.1 Å². The molecule has 4 heterocycles. The highest BCUT2D eigenvalue weighted by molar-refractivity contribution is 7.88. The molecule has 3 aliphatic rings. The van der Waals surface area contributed by atoms with Crippen LogP contribution < -0.4 is 10.5 Å². The number of likely N-dealkylation sites (tertiary alicyclic amines) is 1. The molecule has 2 aliphatic heterocycles. The topological polar surface area (TPSA) is 115 Å². The van der Waals surface area contributed by atoms with E-state index < -0.39 is 10.0 Å². The number of anilines is 1. The lowest BCUT2D eigenvalue weighted by atomic mass is 9.74. The highest BCUT2D eigenvalue weighted by Gasteiger charge is 2.49. The van der Waals surface area contributed by atoms with Crippen molar-refractivity contribution in [2.45, 2.75) is 25.4 Å². The van der Waals surface area contributed by atoms with Crippen molar-refractivity contribution in [2.24, 2.45) is 11.3 Å². The summed E-state index contributed by atoms with van der Waals surface area (Å²) < 4.78 is 33.2. The van der Waals surface area contributed by atoms with Crippen LogP contribution in [0, 0.1) is 11.3 Å². The van der Waals surface area contributed by atoms with E-state index in [0.717, 1.165) is 66.6 Å². The second-order valence-corrected chi connectivity index (χ2v) is 12.2. The number of aromatic nitrogens is 3. The van der Waals surface area contributed by atoms with Gasteiger partial charge < -0.3 is 19.9 Å². The molecule has 0 amide bonds. The zero-order valence-electron chi connectivity index (χ0n) is 19.3. The maximum absolute atomic E-state index is 11.5. The van der Waals surface area contributed by atoms with Crippen molar-refractivity contribution in [3.8, 4) is 11.1 Å². The SMILES string of the molecule is CS(=O)(=O)NCc1cccc(-c2cn([C@H]3C[C@@H](CN4CC5(COC5)C4)C3)c3ncnc(N)c23)c1. The fourth-order valence-electron chi connectivity index (χ4n) is 5.72. The number of nitrogens with zero attached hydrogens (tertiary/aromatic N) is 4. The molecule has 3 aromatic rings. The van der Waals surface area contributed by atoms with Gasteiger partial charge in [-0.3, -0.25) is 0 Å². The van der Waals surface area contributed by atoms with Gasteiger partial charge in [-0.2, -0.15) is 0 Å². The lowest BCUT2D eigenvalue weighted by Gasteiger charge is -2.56. The van der Waals surface area contributed by atoms with Crippen molar-refractivity contribution < 1.29 is 13.2 Å². The minimum Gasteiger partial charge on any atom is -0.383 e. The Labute approximate surface area is 199 Å². The van der Waals surface area contributed by atoms with Gasteiger partial charge in [0, 0.05) is 49.4 Å². The predicted molar refractivity (Wildman–Crippen MR) is 131 cm³/mol. The molecular formula is C24H30N6O3S. The number of nitrogen functional groups attached to an aromatic ring is 1. The molecule has 3 N–H and O–H groups in total. The molecule has 34 heavy (non-hydrogen) atoms. The average Bonchev–Trinajstić information content (AvgIpc) is 3.09. The molecule has 1 aliphatic carbocycles. The number of hydrogen-bond acceptors (Lipinski definition) is 7. The molecule has 2 aromatic heterocycles. The molecule has 180 valence electrons. The maximum atomic E-state index is 11.5. The van der Waals surface area contributed by atoms with Crippen LogP contribution in [0.2, 0.25) is 0 Å². The third-order valence-electron chi connectivity index (χ3n) is 7.47. The summed E-state index contributed by atoms with van der Waals surface area (Å²) >= 11 is 0. The summed E-state index contributed by atoms with van der Waals surface area (Å²) in [5.41, 5.74) is 10.5. The summed E-state index contributed by atoms with van der Waals surface area (Å²) in [5.74, 6) is 1.16. The van der Waals surface area contributed by atoms with Gasteiger partial charge in [0.15, 0.2) is 0 Å².